The Balaban J connectivity index is 2.09. The standard InChI is InChI=1S/C16H13NO5S4/c1-25(18,19)13-6-2-11(3-7-13)15-10-24-16(23)17(15)12-4-8-14(9-5-12)26(20,21)22/h2-10H,1H3,(H,20,21,22). The quantitative estimate of drug-likeness (QED) is 0.505. The van der Waals surface area contributed by atoms with Crippen LogP contribution in [0.25, 0.3) is 16.9 Å². The molecule has 0 fully saturated rings. The van der Waals surface area contributed by atoms with Gasteiger partial charge < -0.3 is 0 Å². The summed E-state index contributed by atoms with van der Waals surface area (Å²) in [5.41, 5.74) is 2.15. The molecule has 3 rings (SSSR count). The van der Waals surface area contributed by atoms with Gasteiger partial charge in [-0.3, -0.25) is 9.12 Å². The molecule has 10 heteroatoms. The van der Waals surface area contributed by atoms with Crippen molar-refractivity contribution in [3.63, 3.8) is 0 Å². The molecule has 0 saturated carbocycles. The van der Waals surface area contributed by atoms with E-state index in [1.165, 1.54) is 35.6 Å². The van der Waals surface area contributed by atoms with Crippen LogP contribution in [0.3, 0.4) is 0 Å². The van der Waals surface area contributed by atoms with Crippen LogP contribution >= 0.6 is 23.6 Å². The number of benzene rings is 2. The van der Waals surface area contributed by atoms with Crippen LogP contribution in [-0.2, 0) is 20.0 Å². The third-order valence-electron chi connectivity index (χ3n) is 3.67. The number of hydrogen-bond acceptors (Lipinski definition) is 6. The molecule has 0 aliphatic carbocycles. The molecule has 2 aromatic carbocycles. The zero-order valence-corrected chi connectivity index (χ0v) is 16.6. The van der Waals surface area contributed by atoms with Crippen LogP contribution in [0.2, 0.25) is 0 Å². The highest BCUT2D eigenvalue weighted by molar-refractivity contribution is 7.90. The van der Waals surface area contributed by atoms with Crippen molar-refractivity contribution in [1.29, 1.82) is 0 Å². The smallest absolute Gasteiger partial charge is 0.292 e. The molecule has 6 nitrogen and oxygen atoms in total. The van der Waals surface area contributed by atoms with E-state index >= 15 is 0 Å². The van der Waals surface area contributed by atoms with Gasteiger partial charge in [-0.2, -0.15) is 8.42 Å². The Bertz CT molecular complexity index is 1220. The summed E-state index contributed by atoms with van der Waals surface area (Å²) in [6, 6.07) is 12.1. The van der Waals surface area contributed by atoms with Crippen molar-refractivity contribution >= 4 is 43.5 Å². The van der Waals surface area contributed by atoms with Gasteiger partial charge in [-0.05, 0) is 54.2 Å². The van der Waals surface area contributed by atoms with Crippen LogP contribution in [0.15, 0.2) is 63.7 Å². The van der Waals surface area contributed by atoms with Crippen molar-refractivity contribution in [2.75, 3.05) is 6.26 Å². The van der Waals surface area contributed by atoms with Crippen molar-refractivity contribution in [2.45, 2.75) is 9.79 Å². The SMILES string of the molecule is CS(=O)(=O)c1ccc(-c2csc(=S)n2-c2ccc(S(=O)(=O)O)cc2)cc1. The summed E-state index contributed by atoms with van der Waals surface area (Å²) in [5, 5.41) is 1.84. The molecule has 0 atom stereocenters. The maximum Gasteiger partial charge on any atom is 0.294 e. The van der Waals surface area contributed by atoms with Crippen molar-refractivity contribution in [1.82, 2.24) is 4.57 Å². The summed E-state index contributed by atoms with van der Waals surface area (Å²) in [5.74, 6) is 0. The zero-order valence-electron chi connectivity index (χ0n) is 13.4. The van der Waals surface area contributed by atoms with Gasteiger partial charge in [-0.1, -0.05) is 12.1 Å². The van der Waals surface area contributed by atoms with Gasteiger partial charge in [0.1, 0.15) is 0 Å². The third-order valence-corrected chi connectivity index (χ3v) is 6.86. The van der Waals surface area contributed by atoms with E-state index in [0.717, 1.165) is 17.5 Å². The summed E-state index contributed by atoms with van der Waals surface area (Å²) in [6.07, 6.45) is 1.14. The largest absolute Gasteiger partial charge is 0.294 e. The first-order chi connectivity index (χ1) is 12.1. The fourth-order valence-electron chi connectivity index (χ4n) is 2.39. The van der Waals surface area contributed by atoms with E-state index in [1.54, 1.807) is 28.8 Å². The summed E-state index contributed by atoms with van der Waals surface area (Å²) in [7, 11) is -7.55. The Morgan fingerprint density at radius 1 is 0.923 bits per heavy atom. The van der Waals surface area contributed by atoms with Crippen molar-refractivity contribution in [3.05, 3.63) is 57.9 Å². The maximum absolute atomic E-state index is 11.6. The Labute approximate surface area is 160 Å². The molecular weight excluding hydrogens is 414 g/mol. The number of nitrogens with zero attached hydrogens (tertiary/aromatic N) is 1. The van der Waals surface area contributed by atoms with Gasteiger partial charge in [0.15, 0.2) is 13.8 Å². The van der Waals surface area contributed by atoms with E-state index in [1.807, 2.05) is 5.38 Å². The molecule has 0 unspecified atom stereocenters. The van der Waals surface area contributed by atoms with Crippen LogP contribution in [0.1, 0.15) is 0 Å². The first kappa shape index (κ1) is 18.9. The van der Waals surface area contributed by atoms with Crippen LogP contribution in [0.5, 0.6) is 0 Å². The highest BCUT2D eigenvalue weighted by Crippen LogP contribution is 2.29. The van der Waals surface area contributed by atoms with Gasteiger partial charge in [0.2, 0.25) is 0 Å². The van der Waals surface area contributed by atoms with Crippen LogP contribution in [-0.4, -0.2) is 32.2 Å². The molecular formula is C16H13NO5S4. The van der Waals surface area contributed by atoms with Gasteiger partial charge >= 0.3 is 0 Å². The highest BCUT2D eigenvalue weighted by Gasteiger charge is 2.13. The van der Waals surface area contributed by atoms with E-state index < -0.39 is 20.0 Å². The summed E-state index contributed by atoms with van der Waals surface area (Å²) in [6.45, 7) is 0. The minimum Gasteiger partial charge on any atom is -0.292 e. The number of rotatable bonds is 4. The number of sulfone groups is 1. The van der Waals surface area contributed by atoms with Crippen LogP contribution < -0.4 is 0 Å². The first-order valence-corrected chi connectivity index (χ1v) is 11.8. The van der Waals surface area contributed by atoms with Crippen LogP contribution in [0.4, 0.5) is 0 Å². The van der Waals surface area contributed by atoms with E-state index in [0.29, 0.717) is 9.64 Å². The average Bonchev–Trinajstić information content (AvgIpc) is 2.95. The molecule has 0 aliphatic rings. The van der Waals surface area contributed by atoms with Gasteiger partial charge in [-0.15, -0.1) is 11.3 Å². The number of aromatic nitrogens is 1. The predicted molar refractivity (Wildman–Crippen MR) is 103 cm³/mol. The van der Waals surface area contributed by atoms with Crippen molar-refractivity contribution in [3.8, 4) is 16.9 Å². The topological polar surface area (TPSA) is 93.4 Å². The lowest BCUT2D eigenvalue weighted by molar-refractivity contribution is 0.483. The van der Waals surface area contributed by atoms with E-state index in [-0.39, 0.29) is 9.79 Å². The molecule has 1 heterocycles. The number of hydrogen-bond donors (Lipinski definition) is 1. The molecule has 1 aromatic heterocycles. The van der Waals surface area contributed by atoms with E-state index in [9.17, 15) is 16.8 Å². The normalized spacial score (nSPS) is 12.2. The van der Waals surface area contributed by atoms with Gasteiger partial charge in [0.25, 0.3) is 10.1 Å². The Morgan fingerprint density at radius 3 is 1.96 bits per heavy atom. The lowest BCUT2D eigenvalue weighted by Crippen LogP contribution is -2.01. The van der Waals surface area contributed by atoms with Gasteiger partial charge in [0, 0.05) is 17.3 Å². The molecule has 0 amide bonds. The molecule has 136 valence electrons. The van der Waals surface area contributed by atoms with Gasteiger partial charge in [-0.25, -0.2) is 8.42 Å². The minimum absolute atomic E-state index is 0.206. The van der Waals surface area contributed by atoms with E-state index in [2.05, 4.69) is 0 Å². The monoisotopic (exact) mass is 427 g/mol. The molecule has 3 aromatic rings. The van der Waals surface area contributed by atoms with Crippen molar-refractivity contribution in [2.24, 2.45) is 0 Å². The molecule has 0 aliphatic heterocycles. The van der Waals surface area contributed by atoms with E-state index in [4.69, 9.17) is 16.8 Å². The third kappa shape index (κ3) is 3.79. The molecule has 26 heavy (non-hydrogen) atoms. The van der Waals surface area contributed by atoms with Crippen LogP contribution in [0, 0.1) is 3.95 Å². The second-order valence-electron chi connectivity index (χ2n) is 5.49. The highest BCUT2D eigenvalue weighted by atomic mass is 32.2. The molecule has 0 saturated heterocycles. The average molecular weight is 428 g/mol. The fourth-order valence-corrected chi connectivity index (χ4v) is 4.61. The molecule has 0 bridgehead atoms. The molecule has 1 N–H and O–H groups in total. The Hall–Kier alpha value is -1.85. The second-order valence-corrected chi connectivity index (χ2v) is 10.4. The zero-order chi connectivity index (χ0) is 19.1. The molecule has 0 radical (unpaired) electrons. The lowest BCUT2D eigenvalue weighted by atomic mass is 10.1. The summed E-state index contributed by atoms with van der Waals surface area (Å²) >= 11 is 6.70. The minimum atomic E-state index is -4.27. The Morgan fingerprint density at radius 2 is 1.46 bits per heavy atom. The summed E-state index contributed by atoms with van der Waals surface area (Å²) < 4.78 is 56.9. The van der Waals surface area contributed by atoms with Crippen molar-refractivity contribution < 1.29 is 21.4 Å². The lowest BCUT2D eigenvalue weighted by Gasteiger charge is -2.10. The fraction of sp³-hybridized carbons (Fsp3) is 0.0625. The van der Waals surface area contributed by atoms with Gasteiger partial charge in [0.05, 0.1) is 15.5 Å². The predicted octanol–water partition coefficient (Wildman–Crippen LogP) is 3.59. The Kier molecular flexibility index (Phi) is 4.88. The molecule has 0 spiro atoms. The first-order valence-electron chi connectivity index (χ1n) is 7.16. The summed E-state index contributed by atoms with van der Waals surface area (Å²) in [4.78, 5) is 0.0150. The maximum atomic E-state index is 11.6. The number of thiazole rings is 1. The second kappa shape index (κ2) is 6.71.